The van der Waals surface area contributed by atoms with Crippen molar-refractivity contribution in [1.29, 1.82) is 0 Å². The van der Waals surface area contributed by atoms with E-state index in [-0.39, 0.29) is 6.61 Å². The van der Waals surface area contributed by atoms with E-state index in [9.17, 15) is 14.4 Å². The quantitative estimate of drug-likeness (QED) is 0.802. The number of ether oxygens (including phenoxy) is 3. The van der Waals surface area contributed by atoms with Crippen molar-refractivity contribution >= 4 is 23.7 Å². The largest absolute Gasteiger partial charge is 0.497 e. The van der Waals surface area contributed by atoms with Crippen molar-refractivity contribution in [3.05, 3.63) is 24.3 Å². The van der Waals surface area contributed by atoms with E-state index < -0.39 is 35.7 Å². The fourth-order valence-corrected chi connectivity index (χ4v) is 2.60. The Balaban J connectivity index is 2.37. The summed E-state index contributed by atoms with van der Waals surface area (Å²) in [5, 5.41) is 2.52. The van der Waals surface area contributed by atoms with Crippen LogP contribution in [0.15, 0.2) is 24.3 Å². The Morgan fingerprint density at radius 3 is 2.27 bits per heavy atom. The first kappa shape index (κ1) is 19.6. The number of methoxy groups -OCH3 is 1. The molecule has 2 rings (SSSR count). The first-order valence-corrected chi connectivity index (χ1v) is 8.31. The molecule has 1 N–H and O–H groups in total. The number of benzene rings is 1. The molecule has 0 aliphatic carbocycles. The maximum atomic E-state index is 12.5. The first-order chi connectivity index (χ1) is 12.2. The van der Waals surface area contributed by atoms with E-state index >= 15 is 0 Å². The zero-order valence-electron chi connectivity index (χ0n) is 15.6. The molecule has 1 aliphatic rings. The molecule has 8 nitrogen and oxygen atoms in total. The predicted octanol–water partition coefficient (Wildman–Crippen LogP) is 1.87. The number of hydrogen-bond donors (Lipinski definition) is 1. The summed E-state index contributed by atoms with van der Waals surface area (Å²) in [6.07, 6.45) is 0. The van der Waals surface area contributed by atoms with Crippen LogP contribution in [0.2, 0.25) is 0 Å². The third kappa shape index (κ3) is 4.25. The Labute approximate surface area is 152 Å². The molecule has 0 unspecified atom stereocenters. The number of amides is 2. The molecule has 1 aromatic rings. The summed E-state index contributed by atoms with van der Waals surface area (Å²) in [5.41, 5.74) is -0.318. The van der Waals surface area contributed by atoms with Crippen LogP contribution in [-0.2, 0) is 19.1 Å². The number of hydrogen-bond acceptors (Lipinski definition) is 6. The second kappa shape index (κ2) is 7.63. The lowest BCUT2D eigenvalue weighted by Gasteiger charge is -2.26. The zero-order chi connectivity index (χ0) is 19.5. The van der Waals surface area contributed by atoms with Crippen molar-refractivity contribution < 1.29 is 28.6 Å². The number of urea groups is 1. The van der Waals surface area contributed by atoms with Gasteiger partial charge in [-0.15, -0.1) is 0 Å². The van der Waals surface area contributed by atoms with Crippen molar-refractivity contribution in [2.75, 3.05) is 18.6 Å². The highest BCUT2D eigenvalue weighted by Crippen LogP contribution is 2.27. The fourth-order valence-electron chi connectivity index (χ4n) is 2.60. The molecule has 0 aromatic heterocycles. The summed E-state index contributed by atoms with van der Waals surface area (Å²) in [5.74, 6) is -0.776. The van der Waals surface area contributed by atoms with Crippen LogP contribution in [0.1, 0.15) is 27.7 Å². The second-order valence-corrected chi connectivity index (χ2v) is 6.73. The van der Waals surface area contributed by atoms with Gasteiger partial charge in [-0.1, -0.05) is 0 Å². The third-order valence-electron chi connectivity index (χ3n) is 3.63. The van der Waals surface area contributed by atoms with Gasteiger partial charge in [0.05, 0.1) is 13.7 Å². The van der Waals surface area contributed by atoms with E-state index in [1.165, 1.54) is 12.0 Å². The van der Waals surface area contributed by atoms with Crippen molar-refractivity contribution in [2.24, 2.45) is 0 Å². The van der Waals surface area contributed by atoms with Crippen LogP contribution in [0.3, 0.4) is 0 Å². The topological polar surface area (TPSA) is 94.2 Å². The van der Waals surface area contributed by atoms with E-state index in [1.54, 1.807) is 52.0 Å². The van der Waals surface area contributed by atoms with Gasteiger partial charge >= 0.3 is 18.0 Å². The molecule has 26 heavy (non-hydrogen) atoms. The van der Waals surface area contributed by atoms with Gasteiger partial charge in [-0.25, -0.2) is 14.4 Å². The van der Waals surface area contributed by atoms with Crippen molar-refractivity contribution in [3.63, 3.8) is 0 Å². The monoisotopic (exact) mass is 364 g/mol. The lowest BCUT2D eigenvalue weighted by molar-refractivity contribution is -0.160. The standard InChI is InChI=1S/C18H24N2O6/c1-6-25-16(22)14-13(15(21)26-18(2,3)4)19-17(23)20(14)11-7-9-12(24-5)10-8-11/h7-10,13-14H,6H2,1-5H3,(H,19,23)/t13-,14-/m0/s1. The highest BCUT2D eigenvalue weighted by atomic mass is 16.6. The first-order valence-electron chi connectivity index (χ1n) is 8.31. The van der Waals surface area contributed by atoms with Crippen LogP contribution in [0.4, 0.5) is 10.5 Å². The van der Waals surface area contributed by atoms with Crippen molar-refractivity contribution in [2.45, 2.75) is 45.4 Å². The fraction of sp³-hybridized carbons (Fsp3) is 0.500. The van der Waals surface area contributed by atoms with Crippen LogP contribution >= 0.6 is 0 Å². The van der Waals surface area contributed by atoms with Crippen molar-refractivity contribution in [3.8, 4) is 5.75 Å². The average molecular weight is 364 g/mol. The average Bonchev–Trinajstić information content (AvgIpc) is 2.91. The summed E-state index contributed by atoms with van der Waals surface area (Å²) in [4.78, 5) is 38.7. The molecule has 0 bridgehead atoms. The highest BCUT2D eigenvalue weighted by molar-refractivity contribution is 6.07. The van der Waals surface area contributed by atoms with Gasteiger partial charge in [0.1, 0.15) is 11.4 Å². The summed E-state index contributed by atoms with van der Waals surface area (Å²) in [6.45, 7) is 6.91. The molecule has 142 valence electrons. The lowest BCUT2D eigenvalue weighted by Crippen LogP contribution is -2.50. The van der Waals surface area contributed by atoms with Gasteiger partial charge in [-0.2, -0.15) is 0 Å². The Hall–Kier alpha value is -2.77. The SMILES string of the molecule is CCOC(=O)[C@@H]1[C@@H](C(=O)OC(C)(C)C)NC(=O)N1c1ccc(OC)cc1. The second-order valence-electron chi connectivity index (χ2n) is 6.73. The van der Waals surface area contributed by atoms with Gasteiger partial charge < -0.3 is 19.5 Å². The van der Waals surface area contributed by atoms with Gasteiger partial charge in [-0.05, 0) is 52.0 Å². The Morgan fingerprint density at radius 1 is 1.15 bits per heavy atom. The van der Waals surface area contributed by atoms with E-state index in [0.717, 1.165) is 0 Å². The lowest BCUT2D eigenvalue weighted by atomic mass is 10.1. The number of rotatable bonds is 5. The van der Waals surface area contributed by atoms with E-state index in [2.05, 4.69) is 5.32 Å². The summed E-state index contributed by atoms with van der Waals surface area (Å²) in [7, 11) is 1.53. The molecular weight excluding hydrogens is 340 g/mol. The van der Waals surface area contributed by atoms with Crippen molar-refractivity contribution in [1.82, 2.24) is 5.32 Å². The number of nitrogens with zero attached hydrogens (tertiary/aromatic N) is 1. The molecule has 1 fully saturated rings. The smallest absolute Gasteiger partial charge is 0.332 e. The van der Waals surface area contributed by atoms with Gasteiger partial charge in [0, 0.05) is 5.69 Å². The van der Waals surface area contributed by atoms with Gasteiger partial charge in [0.15, 0.2) is 12.1 Å². The van der Waals surface area contributed by atoms with Crippen LogP contribution in [0.25, 0.3) is 0 Å². The molecule has 1 aliphatic heterocycles. The number of anilines is 1. The minimum absolute atomic E-state index is 0.126. The summed E-state index contributed by atoms with van der Waals surface area (Å²) < 4.78 is 15.5. The molecule has 0 radical (unpaired) electrons. The molecule has 0 saturated carbocycles. The Morgan fingerprint density at radius 2 is 1.77 bits per heavy atom. The van der Waals surface area contributed by atoms with E-state index in [0.29, 0.717) is 11.4 Å². The van der Waals surface area contributed by atoms with Crippen LogP contribution < -0.4 is 15.0 Å². The van der Waals surface area contributed by atoms with Crippen LogP contribution in [-0.4, -0.2) is 49.4 Å². The predicted molar refractivity (Wildman–Crippen MR) is 94.1 cm³/mol. The molecule has 8 heteroatoms. The highest BCUT2D eigenvalue weighted by Gasteiger charge is 2.50. The Kier molecular flexibility index (Phi) is 5.74. The third-order valence-corrected chi connectivity index (χ3v) is 3.63. The summed E-state index contributed by atoms with van der Waals surface area (Å²) in [6, 6.07) is 3.67. The van der Waals surface area contributed by atoms with Crippen LogP contribution in [0, 0.1) is 0 Å². The van der Waals surface area contributed by atoms with Gasteiger partial charge in [-0.3, -0.25) is 4.90 Å². The van der Waals surface area contributed by atoms with Gasteiger partial charge in [0.25, 0.3) is 0 Å². The zero-order valence-corrected chi connectivity index (χ0v) is 15.6. The molecule has 1 aromatic carbocycles. The maximum Gasteiger partial charge on any atom is 0.332 e. The minimum Gasteiger partial charge on any atom is -0.497 e. The molecule has 1 heterocycles. The van der Waals surface area contributed by atoms with E-state index in [4.69, 9.17) is 14.2 Å². The summed E-state index contributed by atoms with van der Waals surface area (Å²) >= 11 is 0. The molecule has 2 atom stereocenters. The van der Waals surface area contributed by atoms with Crippen LogP contribution in [0.5, 0.6) is 5.75 Å². The van der Waals surface area contributed by atoms with E-state index in [1.807, 2.05) is 0 Å². The number of carbonyl (C=O) groups excluding carboxylic acids is 3. The molecule has 2 amide bonds. The number of nitrogens with one attached hydrogen (secondary N) is 1. The normalized spacial score (nSPS) is 19.7. The molecule has 1 saturated heterocycles. The molecule has 0 spiro atoms. The molecular formula is C18H24N2O6. The minimum atomic E-state index is -1.16. The Bertz CT molecular complexity index is 680. The van der Waals surface area contributed by atoms with Gasteiger partial charge in [0.2, 0.25) is 0 Å². The maximum absolute atomic E-state index is 12.5. The number of carbonyl (C=O) groups is 3. The number of esters is 2.